The van der Waals surface area contributed by atoms with E-state index < -0.39 is 0 Å². The maximum Gasteiger partial charge on any atom is 0.320 e. The minimum absolute atomic E-state index is 0.0324. The molecule has 0 aliphatic carbocycles. The normalized spacial score (nSPS) is 17.0. The average Bonchev–Trinajstić information content (AvgIpc) is 3.06. The molecule has 1 heterocycles. The van der Waals surface area contributed by atoms with Crippen LogP contribution in [0, 0.1) is 0 Å². The molecule has 1 fully saturated rings. The van der Waals surface area contributed by atoms with Crippen molar-refractivity contribution in [2.45, 2.75) is 33.3 Å². The first-order valence-electron chi connectivity index (χ1n) is 9.35. The predicted octanol–water partition coefficient (Wildman–Crippen LogP) is 4.23. The first-order valence-corrected chi connectivity index (χ1v) is 10.1. The maximum atomic E-state index is 12.8. The summed E-state index contributed by atoms with van der Waals surface area (Å²) in [7, 11) is 0. The number of rotatable bonds is 8. The summed E-state index contributed by atoms with van der Waals surface area (Å²) in [4.78, 5) is 18.9. The first-order chi connectivity index (χ1) is 12.5. The number of carbonyl (C=O) groups is 1. The van der Waals surface area contributed by atoms with Crippen LogP contribution in [-0.4, -0.2) is 72.6 Å². The maximum absolute atomic E-state index is 12.8. The van der Waals surface area contributed by atoms with E-state index in [9.17, 15) is 4.79 Å². The first kappa shape index (κ1) is 21.1. The number of benzene rings is 1. The number of nitrogens with zero attached hydrogens (tertiary/aromatic N) is 3. The van der Waals surface area contributed by atoms with Crippen molar-refractivity contribution in [2.24, 2.45) is 0 Å². The Kier molecular flexibility index (Phi) is 8.32. The Balaban J connectivity index is 1.88. The molecule has 1 aromatic rings. The number of hydrogen-bond acceptors (Lipinski definition) is 3. The van der Waals surface area contributed by atoms with Gasteiger partial charge in [-0.1, -0.05) is 37.0 Å². The van der Waals surface area contributed by atoms with Crippen molar-refractivity contribution in [1.29, 1.82) is 0 Å². The standard InChI is InChI=1S/C19H29Cl2N3O2/c1-4-22(5-2)9-10-23(6-3)19(25)24-8-7-17(14-24)26-18-12-15(20)11-16(21)13-18/h11-13,17H,4-10,14H2,1-3H3. The van der Waals surface area contributed by atoms with Crippen LogP contribution in [-0.2, 0) is 0 Å². The highest BCUT2D eigenvalue weighted by Crippen LogP contribution is 2.26. The number of amides is 2. The molecular formula is C19H29Cl2N3O2. The summed E-state index contributed by atoms with van der Waals surface area (Å²) < 4.78 is 5.97. The lowest BCUT2D eigenvalue weighted by molar-refractivity contribution is 0.147. The quantitative estimate of drug-likeness (QED) is 0.653. The summed E-state index contributed by atoms with van der Waals surface area (Å²) in [5.74, 6) is 0.649. The average molecular weight is 402 g/mol. The van der Waals surface area contributed by atoms with Crippen molar-refractivity contribution < 1.29 is 9.53 Å². The highest BCUT2D eigenvalue weighted by Gasteiger charge is 2.30. The van der Waals surface area contributed by atoms with E-state index in [0.29, 0.717) is 35.4 Å². The number of likely N-dealkylation sites (N-methyl/N-ethyl adjacent to an activating group) is 2. The Morgan fingerprint density at radius 1 is 1.12 bits per heavy atom. The fraction of sp³-hybridized carbons (Fsp3) is 0.632. The van der Waals surface area contributed by atoms with Gasteiger partial charge in [0.25, 0.3) is 0 Å². The molecule has 7 heteroatoms. The lowest BCUT2D eigenvalue weighted by Crippen LogP contribution is -2.45. The smallest absolute Gasteiger partial charge is 0.320 e. The molecule has 2 rings (SSSR count). The molecule has 1 aromatic carbocycles. The Labute approximate surface area is 166 Å². The lowest BCUT2D eigenvalue weighted by atomic mass is 10.3. The van der Waals surface area contributed by atoms with Crippen LogP contribution >= 0.6 is 23.2 Å². The van der Waals surface area contributed by atoms with Crippen LogP contribution in [0.15, 0.2) is 18.2 Å². The van der Waals surface area contributed by atoms with Gasteiger partial charge in [0, 0.05) is 42.6 Å². The molecule has 1 aliphatic heterocycles. The van der Waals surface area contributed by atoms with E-state index in [4.69, 9.17) is 27.9 Å². The van der Waals surface area contributed by atoms with E-state index in [1.165, 1.54) is 0 Å². The van der Waals surface area contributed by atoms with Crippen molar-refractivity contribution in [3.63, 3.8) is 0 Å². The van der Waals surface area contributed by atoms with Crippen molar-refractivity contribution in [2.75, 3.05) is 45.8 Å². The van der Waals surface area contributed by atoms with Gasteiger partial charge in [0.1, 0.15) is 11.9 Å². The van der Waals surface area contributed by atoms with Gasteiger partial charge in [0.2, 0.25) is 0 Å². The van der Waals surface area contributed by atoms with Crippen molar-refractivity contribution >= 4 is 29.2 Å². The second-order valence-electron chi connectivity index (χ2n) is 6.47. The number of halogens is 2. The molecule has 26 heavy (non-hydrogen) atoms. The van der Waals surface area contributed by atoms with Crippen LogP contribution in [0.4, 0.5) is 4.79 Å². The second kappa shape index (κ2) is 10.2. The molecule has 0 saturated carbocycles. The van der Waals surface area contributed by atoms with Crippen molar-refractivity contribution in [3.8, 4) is 5.75 Å². The molecule has 0 spiro atoms. The summed E-state index contributed by atoms with van der Waals surface area (Å²) in [5, 5.41) is 1.10. The zero-order chi connectivity index (χ0) is 19.1. The van der Waals surface area contributed by atoms with Gasteiger partial charge in [-0.05, 0) is 38.2 Å². The van der Waals surface area contributed by atoms with Crippen LogP contribution in [0.3, 0.4) is 0 Å². The van der Waals surface area contributed by atoms with E-state index in [1.54, 1.807) is 18.2 Å². The molecule has 1 aliphatic rings. The molecule has 146 valence electrons. The molecule has 1 unspecified atom stereocenters. The Morgan fingerprint density at radius 2 is 1.77 bits per heavy atom. The minimum atomic E-state index is -0.0324. The van der Waals surface area contributed by atoms with E-state index in [1.807, 2.05) is 16.7 Å². The largest absolute Gasteiger partial charge is 0.488 e. The van der Waals surface area contributed by atoms with Gasteiger partial charge in [0.05, 0.1) is 6.54 Å². The number of urea groups is 1. The zero-order valence-corrected chi connectivity index (χ0v) is 17.4. The number of likely N-dealkylation sites (tertiary alicyclic amines) is 1. The molecule has 0 aromatic heterocycles. The summed E-state index contributed by atoms with van der Waals surface area (Å²) in [6.07, 6.45) is 0.777. The Hall–Kier alpha value is -1.17. The third kappa shape index (κ3) is 5.93. The fourth-order valence-corrected chi connectivity index (χ4v) is 3.68. The molecule has 0 radical (unpaired) electrons. The summed E-state index contributed by atoms with van der Waals surface area (Å²) in [6.45, 7) is 12.0. The van der Waals surface area contributed by atoms with Crippen LogP contribution in [0.1, 0.15) is 27.2 Å². The van der Waals surface area contributed by atoms with E-state index in [-0.39, 0.29) is 12.1 Å². The SMILES string of the molecule is CCN(CC)CCN(CC)C(=O)N1CCC(Oc2cc(Cl)cc(Cl)c2)C1. The molecule has 1 atom stereocenters. The van der Waals surface area contributed by atoms with Gasteiger partial charge in [-0.15, -0.1) is 0 Å². The summed E-state index contributed by atoms with van der Waals surface area (Å²) in [6, 6.07) is 5.27. The van der Waals surface area contributed by atoms with E-state index in [0.717, 1.165) is 32.6 Å². The minimum Gasteiger partial charge on any atom is -0.488 e. The van der Waals surface area contributed by atoms with E-state index in [2.05, 4.69) is 18.7 Å². The van der Waals surface area contributed by atoms with Crippen molar-refractivity contribution in [3.05, 3.63) is 28.2 Å². The fourth-order valence-electron chi connectivity index (χ4n) is 3.18. The molecule has 0 bridgehead atoms. The third-order valence-corrected chi connectivity index (χ3v) is 5.22. The van der Waals surface area contributed by atoms with Gasteiger partial charge in [-0.2, -0.15) is 0 Å². The van der Waals surface area contributed by atoms with Gasteiger partial charge < -0.3 is 19.4 Å². The van der Waals surface area contributed by atoms with Crippen molar-refractivity contribution in [1.82, 2.24) is 14.7 Å². The highest BCUT2D eigenvalue weighted by atomic mass is 35.5. The molecule has 2 amide bonds. The van der Waals surface area contributed by atoms with Gasteiger partial charge in [-0.25, -0.2) is 4.79 Å². The Bertz CT molecular complexity index is 576. The molecule has 0 N–H and O–H groups in total. The molecule has 1 saturated heterocycles. The molecular weight excluding hydrogens is 373 g/mol. The topological polar surface area (TPSA) is 36.0 Å². The number of ether oxygens (including phenoxy) is 1. The predicted molar refractivity (Wildman–Crippen MR) is 107 cm³/mol. The van der Waals surface area contributed by atoms with Crippen LogP contribution in [0.25, 0.3) is 0 Å². The highest BCUT2D eigenvalue weighted by molar-refractivity contribution is 6.34. The molecule has 5 nitrogen and oxygen atoms in total. The second-order valence-corrected chi connectivity index (χ2v) is 7.34. The Morgan fingerprint density at radius 3 is 2.35 bits per heavy atom. The zero-order valence-electron chi connectivity index (χ0n) is 15.9. The third-order valence-electron chi connectivity index (χ3n) is 4.79. The van der Waals surface area contributed by atoms with Crippen LogP contribution in [0.2, 0.25) is 10.0 Å². The van der Waals surface area contributed by atoms with Crippen LogP contribution in [0.5, 0.6) is 5.75 Å². The monoisotopic (exact) mass is 401 g/mol. The number of carbonyl (C=O) groups excluding carboxylic acids is 1. The lowest BCUT2D eigenvalue weighted by Gasteiger charge is -2.29. The van der Waals surface area contributed by atoms with Gasteiger partial charge in [-0.3, -0.25) is 0 Å². The van der Waals surface area contributed by atoms with Gasteiger partial charge >= 0.3 is 6.03 Å². The van der Waals surface area contributed by atoms with E-state index >= 15 is 0 Å². The van der Waals surface area contributed by atoms with Gasteiger partial charge in [0.15, 0.2) is 0 Å². The van der Waals surface area contributed by atoms with Crippen LogP contribution < -0.4 is 4.74 Å². The summed E-state index contributed by atoms with van der Waals surface area (Å²) in [5.41, 5.74) is 0. The number of hydrogen-bond donors (Lipinski definition) is 0. The summed E-state index contributed by atoms with van der Waals surface area (Å²) >= 11 is 12.0.